The lowest BCUT2D eigenvalue weighted by Crippen LogP contribution is -2.49. The highest BCUT2D eigenvalue weighted by Crippen LogP contribution is 2.11. The third-order valence-corrected chi connectivity index (χ3v) is 2.95. The van der Waals surface area contributed by atoms with E-state index in [-0.39, 0.29) is 12.7 Å². The van der Waals surface area contributed by atoms with Crippen LogP contribution in [-0.2, 0) is 11.3 Å². The van der Waals surface area contributed by atoms with Gasteiger partial charge in [-0.1, -0.05) is 0 Å². The van der Waals surface area contributed by atoms with Gasteiger partial charge in [0, 0.05) is 32.4 Å². The number of aliphatic hydroxyl groups excluding tert-OH is 1. The lowest BCUT2D eigenvalue weighted by molar-refractivity contribution is 0.105. The van der Waals surface area contributed by atoms with Crippen molar-refractivity contribution in [1.29, 1.82) is 0 Å². The molecule has 1 fully saturated rings. The van der Waals surface area contributed by atoms with Crippen molar-refractivity contribution >= 4 is 12.0 Å². The molecule has 1 aromatic rings. The van der Waals surface area contributed by atoms with Crippen molar-refractivity contribution in [2.24, 2.45) is 0 Å². The number of anilines is 1. The Labute approximate surface area is 111 Å². The van der Waals surface area contributed by atoms with Crippen LogP contribution in [0.25, 0.3) is 0 Å². The topological polar surface area (TPSA) is 78.8 Å². The molecule has 0 aliphatic carbocycles. The van der Waals surface area contributed by atoms with Crippen LogP contribution in [0.3, 0.4) is 0 Å². The van der Waals surface area contributed by atoms with Crippen LogP contribution in [0.4, 0.5) is 10.7 Å². The summed E-state index contributed by atoms with van der Waals surface area (Å²) < 4.78 is 4.96. The molecule has 7 heteroatoms. The number of rotatable bonds is 3. The smallest absolute Gasteiger partial charge is 0.409 e. The fraction of sp³-hybridized carbons (Fsp3) is 0.583. The van der Waals surface area contributed by atoms with Gasteiger partial charge in [-0.2, -0.15) is 0 Å². The fourth-order valence-electron chi connectivity index (χ4n) is 1.93. The molecular weight excluding hydrogens is 248 g/mol. The third-order valence-electron chi connectivity index (χ3n) is 2.95. The highest BCUT2D eigenvalue weighted by molar-refractivity contribution is 5.68. The highest BCUT2D eigenvalue weighted by atomic mass is 16.6. The van der Waals surface area contributed by atoms with Crippen LogP contribution in [0.5, 0.6) is 0 Å². The quantitative estimate of drug-likeness (QED) is 0.844. The van der Waals surface area contributed by atoms with Crippen LogP contribution < -0.4 is 4.90 Å². The number of carbonyl (C=O) groups is 1. The average molecular weight is 266 g/mol. The van der Waals surface area contributed by atoms with E-state index in [0.717, 1.165) is 0 Å². The number of aliphatic hydroxyl groups is 1. The van der Waals surface area contributed by atoms with E-state index >= 15 is 0 Å². The Morgan fingerprint density at radius 3 is 2.79 bits per heavy atom. The number of amides is 1. The second-order valence-electron chi connectivity index (χ2n) is 4.18. The zero-order valence-corrected chi connectivity index (χ0v) is 10.9. The minimum atomic E-state index is -0.271. The van der Waals surface area contributed by atoms with Crippen molar-refractivity contribution < 1.29 is 14.6 Å². The van der Waals surface area contributed by atoms with E-state index in [1.54, 1.807) is 24.1 Å². The largest absolute Gasteiger partial charge is 0.450 e. The molecule has 1 aromatic heterocycles. The van der Waals surface area contributed by atoms with Crippen LogP contribution in [0.15, 0.2) is 12.3 Å². The maximum absolute atomic E-state index is 11.6. The zero-order chi connectivity index (χ0) is 13.7. The molecule has 1 saturated heterocycles. The summed E-state index contributed by atoms with van der Waals surface area (Å²) in [5.41, 5.74) is 0.595. The summed E-state index contributed by atoms with van der Waals surface area (Å²) in [5, 5.41) is 9.06. The van der Waals surface area contributed by atoms with Crippen LogP contribution in [-0.4, -0.2) is 58.9 Å². The van der Waals surface area contributed by atoms with Crippen LogP contribution in [0.2, 0.25) is 0 Å². The number of piperazine rings is 1. The van der Waals surface area contributed by atoms with Gasteiger partial charge in [0.25, 0.3) is 0 Å². The van der Waals surface area contributed by atoms with Gasteiger partial charge in [-0.3, -0.25) is 0 Å². The van der Waals surface area contributed by atoms with E-state index in [2.05, 4.69) is 9.97 Å². The van der Waals surface area contributed by atoms with Crippen molar-refractivity contribution in [3.63, 3.8) is 0 Å². The van der Waals surface area contributed by atoms with Gasteiger partial charge in [-0.15, -0.1) is 0 Å². The van der Waals surface area contributed by atoms with E-state index in [1.165, 1.54) is 0 Å². The number of ether oxygens (including phenoxy) is 1. The third kappa shape index (κ3) is 3.31. The second-order valence-corrected chi connectivity index (χ2v) is 4.18. The number of nitrogens with zero attached hydrogens (tertiary/aromatic N) is 4. The van der Waals surface area contributed by atoms with Crippen LogP contribution in [0, 0.1) is 0 Å². The lowest BCUT2D eigenvalue weighted by atomic mass is 10.3. The molecule has 2 heterocycles. The molecule has 1 aliphatic rings. The summed E-state index contributed by atoms with van der Waals surface area (Å²) in [5.74, 6) is 0.593. The minimum absolute atomic E-state index is 0.0989. The number of carbonyl (C=O) groups excluding carboxylic acids is 1. The van der Waals surface area contributed by atoms with Gasteiger partial charge in [0.05, 0.1) is 18.9 Å². The summed E-state index contributed by atoms with van der Waals surface area (Å²) in [6, 6.07) is 1.68. The highest BCUT2D eigenvalue weighted by Gasteiger charge is 2.23. The van der Waals surface area contributed by atoms with E-state index in [4.69, 9.17) is 9.84 Å². The zero-order valence-electron chi connectivity index (χ0n) is 10.9. The van der Waals surface area contributed by atoms with Gasteiger partial charge in [0.1, 0.15) is 0 Å². The molecule has 0 saturated carbocycles. The molecule has 0 radical (unpaired) electrons. The molecule has 0 unspecified atom stereocenters. The predicted molar refractivity (Wildman–Crippen MR) is 68.8 cm³/mol. The molecule has 19 heavy (non-hydrogen) atoms. The predicted octanol–water partition coefficient (Wildman–Crippen LogP) is 0.247. The van der Waals surface area contributed by atoms with Crippen molar-refractivity contribution in [2.45, 2.75) is 13.5 Å². The van der Waals surface area contributed by atoms with Crippen molar-refractivity contribution in [2.75, 3.05) is 37.7 Å². The normalized spacial score (nSPS) is 15.5. The molecule has 0 spiro atoms. The summed E-state index contributed by atoms with van der Waals surface area (Å²) in [6.07, 6.45) is 1.36. The van der Waals surface area contributed by atoms with E-state index < -0.39 is 0 Å². The summed E-state index contributed by atoms with van der Waals surface area (Å²) in [7, 11) is 0. The molecule has 2 rings (SSSR count). The van der Waals surface area contributed by atoms with E-state index in [9.17, 15) is 4.79 Å². The fourth-order valence-corrected chi connectivity index (χ4v) is 1.93. The first kappa shape index (κ1) is 13.5. The standard InChI is InChI=1S/C12H18N4O3/c1-2-19-12(18)16-7-5-15(6-8-16)11-13-4-3-10(9-17)14-11/h3-4,17H,2,5-9H2,1H3. The van der Waals surface area contributed by atoms with Gasteiger partial charge in [0.2, 0.25) is 5.95 Å². The van der Waals surface area contributed by atoms with Crippen LogP contribution >= 0.6 is 0 Å². The average Bonchev–Trinajstić information content (AvgIpc) is 2.48. The first-order valence-corrected chi connectivity index (χ1v) is 6.34. The molecule has 1 aliphatic heterocycles. The Hall–Kier alpha value is -1.89. The minimum Gasteiger partial charge on any atom is -0.450 e. The first-order valence-electron chi connectivity index (χ1n) is 6.34. The maximum Gasteiger partial charge on any atom is 0.409 e. The molecule has 1 N–H and O–H groups in total. The van der Waals surface area contributed by atoms with E-state index in [1.807, 2.05) is 4.90 Å². The Kier molecular flexibility index (Phi) is 4.51. The Bertz CT molecular complexity index is 433. The van der Waals surface area contributed by atoms with Gasteiger partial charge < -0.3 is 19.6 Å². The summed E-state index contributed by atoms with van der Waals surface area (Å²) >= 11 is 0. The lowest BCUT2D eigenvalue weighted by Gasteiger charge is -2.34. The molecule has 0 aromatic carbocycles. The van der Waals surface area contributed by atoms with E-state index in [0.29, 0.717) is 44.4 Å². The SMILES string of the molecule is CCOC(=O)N1CCN(c2nccc(CO)n2)CC1. The molecule has 0 bridgehead atoms. The maximum atomic E-state index is 11.6. The van der Waals surface area contributed by atoms with Crippen molar-refractivity contribution in [3.05, 3.63) is 18.0 Å². The molecule has 7 nitrogen and oxygen atoms in total. The molecule has 0 atom stereocenters. The monoisotopic (exact) mass is 266 g/mol. The Morgan fingerprint density at radius 2 is 2.16 bits per heavy atom. The Morgan fingerprint density at radius 1 is 1.42 bits per heavy atom. The van der Waals surface area contributed by atoms with Gasteiger partial charge in [0.15, 0.2) is 0 Å². The first-order chi connectivity index (χ1) is 9.24. The number of aromatic nitrogens is 2. The molecular formula is C12H18N4O3. The Balaban J connectivity index is 1.94. The molecule has 1 amide bonds. The van der Waals surface area contributed by atoms with Crippen molar-refractivity contribution in [3.8, 4) is 0 Å². The van der Waals surface area contributed by atoms with Gasteiger partial charge >= 0.3 is 6.09 Å². The summed E-state index contributed by atoms with van der Waals surface area (Å²) in [4.78, 5) is 23.7. The summed E-state index contributed by atoms with van der Waals surface area (Å²) in [6.45, 7) is 4.58. The number of hydrogen-bond donors (Lipinski definition) is 1. The van der Waals surface area contributed by atoms with Gasteiger partial charge in [-0.05, 0) is 13.0 Å². The van der Waals surface area contributed by atoms with Gasteiger partial charge in [-0.25, -0.2) is 14.8 Å². The molecule has 104 valence electrons. The van der Waals surface area contributed by atoms with Crippen molar-refractivity contribution in [1.82, 2.24) is 14.9 Å². The number of hydrogen-bond acceptors (Lipinski definition) is 6. The van der Waals surface area contributed by atoms with Crippen LogP contribution in [0.1, 0.15) is 12.6 Å². The second kappa shape index (κ2) is 6.33.